The third-order valence-electron chi connectivity index (χ3n) is 6.92. The molecule has 1 aliphatic carbocycles. The van der Waals surface area contributed by atoms with Gasteiger partial charge in [-0.05, 0) is 45.7 Å². The molecule has 208 valence electrons. The molecule has 1 saturated carbocycles. The van der Waals surface area contributed by atoms with E-state index in [0.29, 0.717) is 31.7 Å². The van der Waals surface area contributed by atoms with Crippen LogP contribution in [0.5, 0.6) is 0 Å². The van der Waals surface area contributed by atoms with Gasteiger partial charge in [-0.15, -0.1) is 11.3 Å². The van der Waals surface area contributed by atoms with Crippen LogP contribution in [-0.2, 0) is 4.74 Å². The third-order valence-corrected chi connectivity index (χ3v) is 7.82. The quantitative estimate of drug-likeness (QED) is 0.380. The lowest BCUT2D eigenvalue weighted by Gasteiger charge is -2.35. The summed E-state index contributed by atoms with van der Waals surface area (Å²) in [7, 11) is 1.38. The molecular weight excluding hydrogens is 516 g/mol. The second-order valence-corrected chi connectivity index (χ2v) is 11.8. The number of nitrogens with zero attached hydrogens (tertiary/aromatic N) is 6. The highest BCUT2D eigenvalue weighted by molar-refractivity contribution is 7.14. The Hall–Kier alpha value is -3.65. The van der Waals surface area contributed by atoms with E-state index < -0.39 is 11.6 Å². The van der Waals surface area contributed by atoms with Gasteiger partial charge in [-0.3, -0.25) is 9.69 Å². The highest BCUT2D eigenvalue weighted by atomic mass is 32.1. The van der Waals surface area contributed by atoms with Crippen LogP contribution in [0.25, 0.3) is 11.3 Å². The molecule has 1 saturated heterocycles. The molecule has 4 amide bonds. The van der Waals surface area contributed by atoms with Gasteiger partial charge in [-0.1, -0.05) is 31.4 Å². The molecule has 39 heavy (non-hydrogen) atoms. The normalized spacial score (nSPS) is 16.4. The number of aromatic nitrogens is 1. The van der Waals surface area contributed by atoms with Gasteiger partial charge in [0.1, 0.15) is 5.60 Å². The SMILES string of the molecule is CN(C#N)C(=O)N(C(=O)c1ccc(-c2csc(N3CCN(C(=O)OC(C)(C)C)CC3)n2)cc1)C1CCCCC1. The molecule has 4 rings (SSSR count). The molecule has 1 aromatic carbocycles. The van der Waals surface area contributed by atoms with Gasteiger partial charge in [0.25, 0.3) is 5.91 Å². The van der Waals surface area contributed by atoms with Crippen LogP contribution in [0.3, 0.4) is 0 Å². The summed E-state index contributed by atoms with van der Waals surface area (Å²) >= 11 is 1.54. The first-order valence-corrected chi connectivity index (χ1v) is 14.2. The topological polar surface area (TPSA) is 110 Å². The van der Waals surface area contributed by atoms with E-state index in [0.717, 1.165) is 53.4 Å². The lowest BCUT2D eigenvalue weighted by molar-refractivity contribution is 0.0240. The van der Waals surface area contributed by atoms with Crippen LogP contribution in [0, 0.1) is 11.5 Å². The van der Waals surface area contributed by atoms with Crippen molar-refractivity contribution in [2.45, 2.75) is 64.5 Å². The van der Waals surface area contributed by atoms with Crippen LogP contribution in [0.2, 0.25) is 0 Å². The van der Waals surface area contributed by atoms with Crippen molar-refractivity contribution >= 4 is 34.5 Å². The standard InChI is InChI=1S/C28H36N6O4S/c1-28(2,3)38-27(37)33-16-14-32(15-17-33)25-30-23(18-39-25)20-10-12-21(13-11-20)24(35)34(26(36)31(4)19-29)22-8-6-5-7-9-22/h10-13,18,22H,5-9,14-17H2,1-4H3. The molecule has 10 nitrogen and oxygen atoms in total. The number of hydrogen-bond donors (Lipinski definition) is 0. The average Bonchev–Trinajstić information content (AvgIpc) is 3.43. The van der Waals surface area contributed by atoms with Crippen LogP contribution in [-0.4, -0.2) is 82.6 Å². The van der Waals surface area contributed by atoms with E-state index in [1.165, 1.54) is 23.3 Å². The fourth-order valence-electron chi connectivity index (χ4n) is 4.82. The van der Waals surface area contributed by atoms with Gasteiger partial charge in [0.15, 0.2) is 11.3 Å². The van der Waals surface area contributed by atoms with Crippen molar-refractivity contribution in [2.24, 2.45) is 0 Å². The molecule has 1 aliphatic heterocycles. The van der Waals surface area contributed by atoms with Crippen molar-refractivity contribution in [3.63, 3.8) is 0 Å². The first-order valence-electron chi connectivity index (χ1n) is 13.4. The Kier molecular flexibility index (Phi) is 8.75. The summed E-state index contributed by atoms with van der Waals surface area (Å²) in [6, 6.07) is 6.31. The third kappa shape index (κ3) is 6.87. The van der Waals surface area contributed by atoms with Gasteiger partial charge < -0.3 is 14.5 Å². The van der Waals surface area contributed by atoms with Crippen molar-refractivity contribution in [1.29, 1.82) is 5.26 Å². The molecule has 2 aromatic rings. The summed E-state index contributed by atoms with van der Waals surface area (Å²) in [6.07, 6.45) is 6.04. The molecule has 0 N–H and O–H groups in total. The summed E-state index contributed by atoms with van der Waals surface area (Å²) in [5.74, 6) is -0.387. The Morgan fingerprint density at radius 2 is 1.69 bits per heavy atom. The summed E-state index contributed by atoms with van der Waals surface area (Å²) in [6.45, 7) is 8.06. The summed E-state index contributed by atoms with van der Waals surface area (Å²) < 4.78 is 5.48. The molecule has 0 unspecified atom stereocenters. The number of piperazine rings is 1. The predicted octanol–water partition coefficient (Wildman–Crippen LogP) is 5.17. The van der Waals surface area contributed by atoms with Crippen molar-refractivity contribution in [3.8, 4) is 17.5 Å². The lowest BCUT2D eigenvalue weighted by atomic mass is 9.93. The van der Waals surface area contributed by atoms with E-state index in [2.05, 4.69) is 4.90 Å². The Morgan fingerprint density at radius 3 is 2.28 bits per heavy atom. The fraction of sp³-hybridized carbons (Fsp3) is 0.536. The average molecular weight is 553 g/mol. The second kappa shape index (κ2) is 12.0. The van der Waals surface area contributed by atoms with Crippen molar-refractivity contribution in [2.75, 3.05) is 38.1 Å². The number of imide groups is 1. The summed E-state index contributed by atoms with van der Waals surface area (Å²) in [5.41, 5.74) is 1.55. The van der Waals surface area contributed by atoms with E-state index in [1.54, 1.807) is 17.0 Å². The predicted molar refractivity (Wildman–Crippen MR) is 149 cm³/mol. The molecule has 2 fully saturated rings. The van der Waals surface area contributed by atoms with Gasteiger partial charge in [0.2, 0.25) is 0 Å². The zero-order valence-electron chi connectivity index (χ0n) is 23.1. The molecule has 0 radical (unpaired) electrons. The molecule has 0 spiro atoms. The van der Waals surface area contributed by atoms with Gasteiger partial charge in [-0.2, -0.15) is 5.26 Å². The van der Waals surface area contributed by atoms with Gasteiger partial charge in [0, 0.05) is 55.8 Å². The minimum atomic E-state index is -0.589. The summed E-state index contributed by atoms with van der Waals surface area (Å²) in [4.78, 5) is 49.5. The number of amides is 4. The smallest absolute Gasteiger partial charge is 0.410 e. The van der Waals surface area contributed by atoms with E-state index in [1.807, 2.05) is 44.5 Å². The monoisotopic (exact) mass is 552 g/mol. The zero-order chi connectivity index (χ0) is 28.2. The van der Waals surface area contributed by atoms with Crippen molar-refractivity contribution < 1.29 is 19.1 Å². The Labute approximate surface area is 233 Å². The minimum absolute atomic E-state index is 0.203. The number of hydrogen-bond acceptors (Lipinski definition) is 8. The minimum Gasteiger partial charge on any atom is -0.444 e. The Morgan fingerprint density at radius 1 is 1.05 bits per heavy atom. The van der Waals surface area contributed by atoms with Crippen molar-refractivity contribution in [3.05, 3.63) is 35.2 Å². The largest absolute Gasteiger partial charge is 0.444 e. The number of carbonyl (C=O) groups excluding carboxylic acids is 3. The molecule has 0 atom stereocenters. The molecule has 2 aliphatic rings. The number of carbonyl (C=O) groups is 3. The highest BCUT2D eigenvalue weighted by Crippen LogP contribution is 2.30. The number of urea groups is 1. The maximum atomic E-state index is 13.4. The summed E-state index contributed by atoms with van der Waals surface area (Å²) in [5, 5.41) is 12.1. The maximum absolute atomic E-state index is 13.4. The van der Waals surface area contributed by atoms with E-state index in [4.69, 9.17) is 9.72 Å². The van der Waals surface area contributed by atoms with Gasteiger partial charge in [0.05, 0.1) is 5.69 Å². The zero-order valence-corrected chi connectivity index (χ0v) is 23.9. The second-order valence-electron chi connectivity index (χ2n) is 11.0. The number of benzene rings is 1. The Balaban J connectivity index is 1.42. The van der Waals surface area contributed by atoms with Crippen LogP contribution >= 0.6 is 11.3 Å². The lowest BCUT2D eigenvalue weighted by Crippen LogP contribution is -2.50. The maximum Gasteiger partial charge on any atom is 0.410 e. The first kappa shape index (κ1) is 28.4. The molecule has 11 heteroatoms. The van der Waals surface area contributed by atoms with E-state index in [9.17, 15) is 19.6 Å². The Bertz CT molecular complexity index is 1220. The van der Waals surface area contributed by atoms with E-state index in [-0.39, 0.29) is 18.0 Å². The van der Waals surface area contributed by atoms with Crippen molar-refractivity contribution in [1.82, 2.24) is 19.7 Å². The number of nitriles is 1. The number of anilines is 1. The highest BCUT2D eigenvalue weighted by Gasteiger charge is 2.34. The number of thiazole rings is 1. The first-order chi connectivity index (χ1) is 18.6. The van der Waals surface area contributed by atoms with Gasteiger partial charge >= 0.3 is 12.1 Å². The molecular formula is C28H36N6O4S. The number of rotatable bonds is 4. The van der Waals surface area contributed by atoms with E-state index >= 15 is 0 Å². The van der Waals surface area contributed by atoms with Crippen LogP contribution in [0.15, 0.2) is 29.6 Å². The van der Waals surface area contributed by atoms with Gasteiger partial charge in [-0.25, -0.2) is 19.5 Å². The fourth-order valence-corrected chi connectivity index (χ4v) is 5.71. The molecule has 0 bridgehead atoms. The van der Waals surface area contributed by atoms with Crippen LogP contribution < -0.4 is 4.90 Å². The number of ether oxygens (including phenoxy) is 1. The molecule has 1 aromatic heterocycles. The molecule has 2 heterocycles. The van der Waals surface area contributed by atoms with Crippen LogP contribution in [0.1, 0.15) is 63.2 Å². The van der Waals surface area contributed by atoms with Crippen LogP contribution in [0.4, 0.5) is 14.7 Å².